The van der Waals surface area contributed by atoms with Crippen LogP contribution in [0.5, 0.6) is 0 Å². The molecule has 0 aliphatic heterocycles. The van der Waals surface area contributed by atoms with E-state index in [1.165, 1.54) is 32.1 Å². The van der Waals surface area contributed by atoms with E-state index in [0.29, 0.717) is 12.0 Å². The number of carbonyl (C=O) groups is 1. The van der Waals surface area contributed by atoms with Crippen molar-refractivity contribution in [1.29, 1.82) is 0 Å². The molecule has 1 unspecified atom stereocenters. The standard InChI is InChI=1S/C18H32N2O/c1-11(2)5-16(18(21)20(3)4)19-17-14-7-12-6-13(9-14)10-15(17)8-12/h11-17,19H,5-10H2,1-4H3. The molecular formula is C18H32N2O. The highest BCUT2D eigenvalue weighted by molar-refractivity contribution is 5.81. The topological polar surface area (TPSA) is 32.3 Å². The lowest BCUT2D eigenvalue weighted by molar-refractivity contribution is -0.132. The molecule has 4 rings (SSSR count). The van der Waals surface area contributed by atoms with E-state index in [0.717, 1.165) is 30.1 Å². The third-order valence-electron chi connectivity index (χ3n) is 6.07. The summed E-state index contributed by atoms with van der Waals surface area (Å²) >= 11 is 0. The summed E-state index contributed by atoms with van der Waals surface area (Å²) in [5.74, 6) is 4.50. The number of carbonyl (C=O) groups excluding carboxylic acids is 1. The maximum Gasteiger partial charge on any atom is 0.239 e. The fourth-order valence-electron chi connectivity index (χ4n) is 5.45. The Balaban J connectivity index is 1.69. The number of likely N-dealkylation sites (N-methyl/N-ethyl adjacent to an activating group) is 1. The van der Waals surface area contributed by atoms with Gasteiger partial charge in [-0.25, -0.2) is 0 Å². The first kappa shape index (κ1) is 15.3. The van der Waals surface area contributed by atoms with Crippen molar-refractivity contribution in [1.82, 2.24) is 10.2 Å². The second-order valence-electron chi connectivity index (χ2n) is 8.54. The van der Waals surface area contributed by atoms with Gasteiger partial charge in [-0.3, -0.25) is 4.79 Å². The van der Waals surface area contributed by atoms with Crippen LogP contribution in [0.3, 0.4) is 0 Å². The minimum Gasteiger partial charge on any atom is -0.347 e. The SMILES string of the molecule is CC(C)CC(NC1C2CC3CC(C2)CC1C3)C(=O)N(C)C. The van der Waals surface area contributed by atoms with E-state index in [4.69, 9.17) is 0 Å². The highest BCUT2D eigenvalue weighted by Crippen LogP contribution is 2.53. The predicted molar refractivity (Wildman–Crippen MR) is 85.9 cm³/mol. The quantitative estimate of drug-likeness (QED) is 0.845. The van der Waals surface area contributed by atoms with Gasteiger partial charge in [-0.1, -0.05) is 13.8 Å². The minimum atomic E-state index is 0.0162. The van der Waals surface area contributed by atoms with Crippen LogP contribution >= 0.6 is 0 Å². The van der Waals surface area contributed by atoms with Crippen LogP contribution in [0.1, 0.15) is 52.4 Å². The monoisotopic (exact) mass is 292 g/mol. The molecule has 0 aromatic heterocycles. The third kappa shape index (κ3) is 3.13. The summed E-state index contributed by atoms with van der Waals surface area (Å²) in [6.45, 7) is 4.43. The molecular weight excluding hydrogens is 260 g/mol. The molecule has 4 saturated carbocycles. The van der Waals surface area contributed by atoms with E-state index >= 15 is 0 Å². The van der Waals surface area contributed by atoms with E-state index < -0.39 is 0 Å². The number of hydrogen-bond acceptors (Lipinski definition) is 2. The van der Waals surface area contributed by atoms with Crippen molar-refractivity contribution in [3.8, 4) is 0 Å². The van der Waals surface area contributed by atoms with Crippen LogP contribution in [0.2, 0.25) is 0 Å². The zero-order valence-electron chi connectivity index (χ0n) is 14.1. The molecule has 0 saturated heterocycles. The number of rotatable bonds is 5. The Kier molecular flexibility index (Phi) is 4.31. The summed E-state index contributed by atoms with van der Waals surface area (Å²) in [6, 6.07) is 0.618. The summed E-state index contributed by atoms with van der Waals surface area (Å²) in [5.41, 5.74) is 0. The molecule has 4 aliphatic rings. The Morgan fingerprint density at radius 1 is 1.05 bits per heavy atom. The minimum absolute atomic E-state index is 0.0162. The number of hydrogen-bond donors (Lipinski definition) is 1. The first-order valence-electron chi connectivity index (χ1n) is 8.91. The van der Waals surface area contributed by atoms with Gasteiger partial charge in [-0.15, -0.1) is 0 Å². The third-order valence-corrected chi connectivity index (χ3v) is 6.07. The van der Waals surface area contributed by atoms with Gasteiger partial charge in [0, 0.05) is 20.1 Å². The smallest absolute Gasteiger partial charge is 0.239 e. The zero-order valence-corrected chi connectivity index (χ0v) is 14.1. The molecule has 1 amide bonds. The second-order valence-corrected chi connectivity index (χ2v) is 8.54. The van der Waals surface area contributed by atoms with Crippen molar-refractivity contribution >= 4 is 5.91 Å². The first-order chi connectivity index (χ1) is 9.94. The van der Waals surface area contributed by atoms with Crippen molar-refractivity contribution in [2.75, 3.05) is 14.1 Å². The largest absolute Gasteiger partial charge is 0.347 e. The number of amides is 1. The number of nitrogens with zero attached hydrogens (tertiary/aromatic N) is 1. The van der Waals surface area contributed by atoms with E-state index in [2.05, 4.69) is 19.2 Å². The summed E-state index contributed by atoms with van der Waals surface area (Å²) in [7, 11) is 3.77. The average Bonchev–Trinajstić information content (AvgIpc) is 2.39. The summed E-state index contributed by atoms with van der Waals surface area (Å²) in [4.78, 5) is 14.3. The van der Waals surface area contributed by atoms with Gasteiger partial charge < -0.3 is 10.2 Å². The molecule has 120 valence electrons. The van der Waals surface area contributed by atoms with Crippen molar-refractivity contribution in [3.05, 3.63) is 0 Å². The molecule has 1 atom stereocenters. The zero-order chi connectivity index (χ0) is 15.1. The van der Waals surface area contributed by atoms with Crippen LogP contribution < -0.4 is 5.32 Å². The molecule has 0 aromatic carbocycles. The number of nitrogens with one attached hydrogen (secondary N) is 1. The lowest BCUT2D eigenvalue weighted by atomic mass is 9.54. The van der Waals surface area contributed by atoms with Crippen LogP contribution in [0.4, 0.5) is 0 Å². The molecule has 0 heterocycles. The lowest BCUT2D eigenvalue weighted by Gasteiger charge is -2.55. The Hall–Kier alpha value is -0.570. The summed E-state index contributed by atoms with van der Waals surface area (Å²) in [6.07, 6.45) is 8.10. The van der Waals surface area contributed by atoms with Crippen LogP contribution in [0.25, 0.3) is 0 Å². The molecule has 1 N–H and O–H groups in total. The molecule has 3 nitrogen and oxygen atoms in total. The molecule has 21 heavy (non-hydrogen) atoms. The van der Waals surface area contributed by atoms with Crippen molar-refractivity contribution < 1.29 is 4.79 Å². The Morgan fingerprint density at radius 2 is 1.57 bits per heavy atom. The lowest BCUT2D eigenvalue weighted by Crippen LogP contribution is -2.59. The summed E-state index contributed by atoms with van der Waals surface area (Å²) in [5, 5.41) is 3.82. The van der Waals surface area contributed by atoms with Crippen molar-refractivity contribution in [3.63, 3.8) is 0 Å². The Bertz CT molecular complexity index is 363. The first-order valence-corrected chi connectivity index (χ1v) is 8.91. The van der Waals surface area contributed by atoms with Crippen LogP contribution in [-0.4, -0.2) is 37.0 Å². The van der Waals surface area contributed by atoms with Crippen LogP contribution in [-0.2, 0) is 4.79 Å². The highest BCUT2D eigenvalue weighted by atomic mass is 16.2. The molecule has 4 aliphatic carbocycles. The van der Waals surface area contributed by atoms with E-state index in [1.54, 1.807) is 4.90 Å². The van der Waals surface area contributed by atoms with Crippen LogP contribution in [0, 0.1) is 29.6 Å². The van der Waals surface area contributed by atoms with E-state index in [9.17, 15) is 4.79 Å². The van der Waals surface area contributed by atoms with Gasteiger partial charge in [0.05, 0.1) is 6.04 Å². The van der Waals surface area contributed by atoms with E-state index in [-0.39, 0.29) is 11.9 Å². The van der Waals surface area contributed by atoms with Gasteiger partial charge in [-0.05, 0) is 68.1 Å². The van der Waals surface area contributed by atoms with Crippen LogP contribution in [0.15, 0.2) is 0 Å². The molecule has 4 bridgehead atoms. The molecule has 0 aromatic rings. The predicted octanol–water partition coefficient (Wildman–Crippen LogP) is 2.90. The maximum atomic E-state index is 12.5. The fraction of sp³-hybridized carbons (Fsp3) is 0.944. The van der Waals surface area contributed by atoms with Gasteiger partial charge in [0.25, 0.3) is 0 Å². The summed E-state index contributed by atoms with van der Waals surface area (Å²) < 4.78 is 0. The molecule has 0 radical (unpaired) electrons. The van der Waals surface area contributed by atoms with Crippen molar-refractivity contribution in [2.24, 2.45) is 29.6 Å². The Morgan fingerprint density at radius 3 is 2.00 bits per heavy atom. The highest BCUT2D eigenvalue weighted by Gasteiger charge is 2.48. The normalized spacial score (nSPS) is 38.8. The average molecular weight is 292 g/mol. The van der Waals surface area contributed by atoms with Crippen molar-refractivity contribution in [2.45, 2.75) is 64.5 Å². The second kappa shape index (κ2) is 5.91. The molecule has 0 spiro atoms. The molecule has 3 heteroatoms. The van der Waals surface area contributed by atoms with Gasteiger partial charge in [0.15, 0.2) is 0 Å². The maximum absolute atomic E-state index is 12.5. The van der Waals surface area contributed by atoms with Gasteiger partial charge in [0.1, 0.15) is 0 Å². The molecule has 4 fully saturated rings. The van der Waals surface area contributed by atoms with Gasteiger partial charge in [0.2, 0.25) is 5.91 Å². The van der Waals surface area contributed by atoms with E-state index in [1.807, 2.05) is 14.1 Å². The Labute approximate surface area is 129 Å². The van der Waals surface area contributed by atoms with Gasteiger partial charge >= 0.3 is 0 Å². The fourth-order valence-corrected chi connectivity index (χ4v) is 5.45. The van der Waals surface area contributed by atoms with Gasteiger partial charge in [-0.2, -0.15) is 0 Å².